The molecule has 0 radical (unpaired) electrons. The van der Waals surface area contributed by atoms with E-state index in [0.717, 1.165) is 24.4 Å². The van der Waals surface area contributed by atoms with Gasteiger partial charge in [-0.2, -0.15) is 5.26 Å². The summed E-state index contributed by atoms with van der Waals surface area (Å²) in [6.45, 7) is 5.48. The maximum atomic E-state index is 9.03. The number of aromatic nitrogens is 2. The van der Waals surface area contributed by atoms with Gasteiger partial charge in [0.25, 0.3) is 0 Å². The van der Waals surface area contributed by atoms with Crippen LogP contribution in [0.25, 0.3) is 11.0 Å². The molecule has 1 aliphatic rings. The number of imidazole rings is 1. The molecule has 3 rings (SSSR count). The van der Waals surface area contributed by atoms with Crippen LogP contribution in [0.15, 0.2) is 18.2 Å². The van der Waals surface area contributed by atoms with E-state index in [4.69, 9.17) is 10.2 Å². The van der Waals surface area contributed by atoms with Crippen LogP contribution in [0.5, 0.6) is 0 Å². The van der Waals surface area contributed by atoms with Crippen molar-refractivity contribution < 1.29 is 0 Å². The molecular formula is C17H21N3. The van der Waals surface area contributed by atoms with E-state index in [1.807, 2.05) is 18.2 Å². The zero-order chi connectivity index (χ0) is 14.1. The number of hydrogen-bond donors (Lipinski definition) is 0. The van der Waals surface area contributed by atoms with E-state index in [1.54, 1.807) is 0 Å². The third-order valence-corrected chi connectivity index (χ3v) is 4.20. The minimum Gasteiger partial charge on any atom is -0.328 e. The molecule has 3 heteroatoms. The lowest BCUT2D eigenvalue weighted by Gasteiger charge is -2.25. The number of rotatable bonds is 4. The van der Waals surface area contributed by atoms with Crippen LogP contribution >= 0.6 is 0 Å². The lowest BCUT2D eigenvalue weighted by atomic mass is 9.83. The average molecular weight is 267 g/mol. The van der Waals surface area contributed by atoms with Gasteiger partial charge in [0.15, 0.2) is 0 Å². The highest BCUT2D eigenvalue weighted by Crippen LogP contribution is 2.31. The summed E-state index contributed by atoms with van der Waals surface area (Å²) < 4.78 is 2.36. The van der Waals surface area contributed by atoms with Gasteiger partial charge in [0.1, 0.15) is 5.82 Å². The molecule has 3 nitrogen and oxygen atoms in total. The van der Waals surface area contributed by atoms with E-state index in [2.05, 4.69) is 24.5 Å². The molecule has 1 aliphatic carbocycles. The molecule has 1 heterocycles. The number of nitrogens with zero attached hydrogens (tertiary/aromatic N) is 3. The molecule has 1 fully saturated rings. The predicted octanol–water partition coefficient (Wildman–Crippen LogP) is 3.91. The van der Waals surface area contributed by atoms with Crippen molar-refractivity contribution in [2.45, 2.75) is 46.1 Å². The molecule has 1 saturated carbocycles. The van der Waals surface area contributed by atoms with Crippen LogP contribution in [0, 0.1) is 23.2 Å². The Balaban J connectivity index is 2.03. The van der Waals surface area contributed by atoms with Crippen LogP contribution in [-0.2, 0) is 13.0 Å². The van der Waals surface area contributed by atoms with Gasteiger partial charge in [-0.25, -0.2) is 4.98 Å². The quantitative estimate of drug-likeness (QED) is 0.842. The van der Waals surface area contributed by atoms with Gasteiger partial charge in [0.2, 0.25) is 0 Å². The van der Waals surface area contributed by atoms with Crippen LogP contribution < -0.4 is 0 Å². The highest BCUT2D eigenvalue weighted by molar-refractivity contribution is 5.77. The third-order valence-electron chi connectivity index (χ3n) is 4.20. The number of nitriles is 1. The van der Waals surface area contributed by atoms with Crippen molar-refractivity contribution in [3.8, 4) is 6.07 Å². The van der Waals surface area contributed by atoms with Crippen LogP contribution in [0.4, 0.5) is 0 Å². The Morgan fingerprint density at radius 1 is 1.40 bits per heavy atom. The summed E-state index contributed by atoms with van der Waals surface area (Å²) >= 11 is 0. The van der Waals surface area contributed by atoms with Gasteiger partial charge in [-0.1, -0.05) is 33.1 Å². The van der Waals surface area contributed by atoms with Gasteiger partial charge >= 0.3 is 0 Å². The molecule has 0 unspecified atom stereocenters. The minimum absolute atomic E-state index is 0.600. The molecule has 20 heavy (non-hydrogen) atoms. The zero-order valence-electron chi connectivity index (χ0n) is 12.3. The van der Waals surface area contributed by atoms with E-state index in [1.165, 1.54) is 30.6 Å². The summed E-state index contributed by atoms with van der Waals surface area (Å²) in [7, 11) is 0. The van der Waals surface area contributed by atoms with Crippen molar-refractivity contribution in [2.24, 2.45) is 11.8 Å². The molecule has 1 aromatic carbocycles. The second kappa shape index (κ2) is 5.28. The van der Waals surface area contributed by atoms with Crippen molar-refractivity contribution in [2.75, 3.05) is 0 Å². The van der Waals surface area contributed by atoms with Gasteiger partial charge in [-0.3, -0.25) is 0 Å². The Hall–Kier alpha value is -1.82. The average Bonchev–Trinajstić information content (AvgIpc) is 2.70. The first-order valence-electron chi connectivity index (χ1n) is 7.56. The van der Waals surface area contributed by atoms with E-state index in [9.17, 15) is 0 Å². The fraction of sp³-hybridized carbons (Fsp3) is 0.529. The fourth-order valence-corrected chi connectivity index (χ4v) is 2.93. The van der Waals surface area contributed by atoms with Crippen LogP contribution in [0.1, 0.15) is 44.5 Å². The Bertz CT molecular complexity index is 657. The van der Waals surface area contributed by atoms with Gasteiger partial charge in [-0.15, -0.1) is 0 Å². The molecule has 0 spiro atoms. The lowest BCUT2D eigenvalue weighted by molar-refractivity contribution is 0.304. The SMILES string of the molecule is CC(C)Cn1c(CC2CCC2)nc2cc(C#N)ccc21. The van der Waals surface area contributed by atoms with Crippen LogP contribution in [-0.4, -0.2) is 9.55 Å². The summed E-state index contributed by atoms with van der Waals surface area (Å²) in [5.74, 6) is 2.62. The highest BCUT2D eigenvalue weighted by atomic mass is 15.1. The van der Waals surface area contributed by atoms with Gasteiger partial charge in [-0.05, 0) is 30.0 Å². The van der Waals surface area contributed by atoms with E-state index in [-0.39, 0.29) is 0 Å². The molecule has 0 bridgehead atoms. The second-order valence-corrected chi connectivity index (χ2v) is 6.35. The first-order chi connectivity index (χ1) is 9.67. The molecule has 0 atom stereocenters. The third kappa shape index (κ3) is 2.43. The lowest BCUT2D eigenvalue weighted by Crippen LogP contribution is -2.18. The second-order valence-electron chi connectivity index (χ2n) is 6.35. The summed E-state index contributed by atoms with van der Waals surface area (Å²) in [4.78, 5) is 4.81. The highest BCUT2D eigenvalue weighted by Gasteiger charge is 2.21. The van der Waals surface area contributed by atoms with Gasteiger partial charge in [0, 0.05) is 13.0 Å². The van der Waals surface area contributed by atoms with E-state index in [0.29, 0.717) is 11.5 Å². The van der Waals surface area contributed by atoms with Gasteiger partial charge in [0.05, 0.1) is 22.7 Å². The summed E-state index contributed by atoms with van der Waals surface area (Å²) in [5.41, 5.74) is 2.84. The molecule has 0 amide bonds. The first kappa shape index (κ1) is 13.2. The molecule has 0 saturated heterocycles. The van der Waals surface area contributed by atoms with E-state index >= 15 is 0 Å². The molecule has 0 N–H and O–H groups in total. The smallest absolute Gasteiger partial charge is 0.110 e. The number of fused-ring (bicyclic) bond motifs is 1. The standard InChI is InChI=1S/C17H21N3/c1-12(2)11-20-16-7-6-14(10-18)8-15(16)19-17(20)9-13-4-3-5-13/h6-8,12-13H,3-5,9,11H2,1-2H3. The van der Waals surface area contributed by atoms with Crippen molar-refractivity contribution >= 4 is 11.0 Å². The molecule has 2 aromatic rings. The Kier molecular flexibility index (Phi) is 3.48. The topological polar surface area (TPSA) is 41.6 Å². The molecule has 104 valence electrons. The van der Waals surface area contributed by atoms with Crippen LogP contribution in [0.2, 0.25) is 0 Å². The zero-order valence-corrected chi connectivity index (χ0v) is 12.3. The molecule has 0 aliphatic heterocycles. The van der Waals surface area contributed by atoms with Crippen molar-refractivity contribution in [1.82, 2.24) is 9.55 Å². The first-order valence-corrected chi connectivity index (χ1v) is 7.56. The Labute approximate surface area is 120 Å². The normalized spacial score (nSPS) is 15.5. The predicted molar refractivity (Wildman–Crippen MR) is 80.3 cm³/mol. The minimum atomic E-state index is 0.600. The Morgan fingerprint density at radius 2 is 2.20 bits per heavy atom. The molecule has 1 aromatic heterocycles. The van der Waals surface area contributed by atoms with E-state index < -0.39 is 0 Å². The monoisotopic (exact) mass is 267 g/mol. The molecular weight excluding hydrogens is 246 g/mol. The summed E-state index contributed by atoms with van der Waals surface area (Å²) in [5, 5.41) is 9.03. The van der Waals surface area contributed by atoms with Gasteiger partial charge < -0.3 is 4.57 Å². The number of hydrogen-bond acceptors (Lipinski definition) is 2. The van der Waals surface area contributed by atoms with Crippen LogP contribution in [0.3, 0.4) is 0 Å². The maximum Gasteiger partial charge on any atom is 0.110 e. The van der Waals surface area contributed by atoms with Crippen molar-refractivity contribution in [3.05, 3.63) is 29.6 Å². The van der Waals surface area contributed by atoms with Crippen molar-refractivity contribution in [3.63, 3.8) is 0 Å². The summed E-state index contributed by atoms with van der Waals surface area (Å²) in [6, 6.07) is 8.06. The number of benzene rings is 1. The fourth-order valence-electron chi connectivity index (χ4n) is 2.93. The summed E-state index contributed by atoms with van der Waals surface area (Å²) in [6.07, 6.45) is 5.14. The van der Waals surface area contributed by atoms with Crippen molar-refractivity contribution in [1.29, 1.82) is 5.26 Å². The Morgan fingerprint density at radius 3 is 2.80 bits per heavy atom. The maximum absolute atomic E-state index is 9.03. The largest absolute Gasteiger partial charge is 0.328 e.